The van der Waals surface area contributed by atoms with Crippen LogP contribution in [-0.4, -0.2) is 49.1 Å². The van der Waals surface area contributed by atoms with E-state index < -0.39 is 0 Å². The van der Waals surface area contributed by atoms with Gasteiger partial charge in [0.2, 0.25) is 0 Å². The van der Waals surface area contributed by atoms with E-state index >= 15 is 0 Å². The van der Waals surface area contributed by atoms with Crippen LogP contribution in [0, 0.1) is 5.41 Å². The molecular formula is C27H30N2O3. The van der Waals surface area contributed by atoms with Gasteiger partial charge in [0, 0.05) is 28.7 Å². The number of piperidine rings is 1. The Morgan fingerprint density at radius 2 is 1.78 bits per heavy atom. The second kappa shape index (κ2) is 7.17. The third-order valence-electron chi connectivity index (χ3n) is 8.82. The number of para-hydroxylation sites is 1. The Bertz CT molecular complexity index is 1070. The van der Waals surface area contributed by atoms with Crippen LogP contribution >= 0.6 is 0 Å². The van der Waals surface area contributed by atoms with Crippen molar-refractivity contribution in [2.24, 2.45) is 5.41 Å². The van der Waals surface area contributed by atoms with E-state index in [1.54, 1.807) is 0 Å². The Labute approximate surface area is 189 Å². The number of methoxy groups -OCH3 is 1. The topological polar surface area (TPSA) is 49.9 Å². The van der Waals surface area contributed by atoms with Crippen LogP contribution in [0.25, 0.3) is 0 Å². The van der Waals surface area contributed by atoms with Crippen molar-refractivity contribution < 1.29 is 14.3 Å². The minimum Gasteiger partial charge on any atom is -0.469 e. The molecule has 4 unspecified atom stereocenters. The maximum absolute atomic E-state index is 13.8. The molecule has 1 amide bonds. The maximum atomic E-state index is 13.8. The van der Waals surface area contributed by atoms with Gasteiger partial charge in [-0.15, -0.1) is 0 Å². The number of hydrogen-bond donors (Lipinski definition) is 0. The third-order valence-corrected chi connectivity index (χ3v) is 8.82. The van der Waals surface area contributed by atoms with Crippen molar-refractivity contribution in [2.75, 3.05) is 25.1 Å². The van der Waals surface area contributed by atoms with Crippen LogP contribution in [0.4, 0.5) is 5.69 Å². The molecule has 32 heavy (non-hydrogen) atoms. The molecule has 3 aliphatic heterocycles. The number of nitrogens with zero attached hydrogens (tertiary/aromatic N) is 2. The quantitative estimate of drug-likeness (QED) is 0.686. The summed E-state index contributed by atoms with van der Waals surface area (Å²) in [6.45, 7) is 2.11. The number of benzene rings is 2. The van der Waals surface area contributed by atoms with Crippen LogP contribution < -0.4 is 4.90 Å². The summed E-state index contributed by atoms with van der Waals surface area (Å²) < 4.78 is 5.16. The number of carbonyl (C=O) groups excluding carboxylic acids is 2. The van der Waals surface area contributed by atoms with E-state index in [2.05, 4.69) is 28.0 Å². The predicted octanol–water partition coefficient (Wildman–Crippen LogP) is 4.16. The molecule has 5 nitrogen and oxygen atoms in total. The lowest BCUT2D eigenvalue weighted by Gasteiger charge is -2.58. The van der Waals surface area contributed by atoms with Crippen molar-refractivity contribution in [1.29, 1.82) is 0 Å². The van der Waals surface area contributed by atoms with Crippen LogP contribution in [0.2, 0.25) is 0 Å². The first-order chi connectivity index (χ1) is 15.6. The second-order valence-corrected chi connectivity index (χ2v) is 10.1. The largest absolute Gasteiger partial charge is 0.469 e. The number of esters is 1. The molecule has 5 heteroatoms. The number of hydrogen-bond acceptors (Lipinski definition) is 4. The molecule has 0 N–H and O–H groups in total. The van der Waals surface area contributed by atoms with Gasteiger partial charge in [-0.1, -0.05) is 36.4 Å². The molecule has 1 aliphatic carbocycles. The van der Waals surface area contributed by atoms with E-state index in [9.17, 15) is 9.59 Å². The number of anilines is 1. The fraction of sp³-hybridized carbons (Fsp3) is 0.481. The van der Waals surface area contributed by atoms with Crippen molar-refractivity contribution in [3.8, 4) is 0 Å². The minimum absolute atomic E-state index is 0.0722. The van der Waals surface area contributed by atoms with Gasteiger partial charge in [0.25, 0.3) is 5.91 Å². The fourth-order valence-corrected chi connectivity index (χ4v) is 7.83. The minimum atomic E-state index is -0.117. The van der Waals surface area contributed by atoms with Gasteiger partial charge >= 0.3 is 5.97 Å². The molecule has 4 aliphatic rings. The molecule has 2 aromatic rings. The van der Waals surface area contributed by atoms with Crippen molar-refractivity contribution in [2.45, 2.75) is 56.0 Å². The monoisotopic (exact) mass is 430 g/mol. The highest BCUT2D eigenvalue weighted by Gasteiger charge is 2.69. The van der Waals surface area contributed by atoms with E-state index in [-0.39, 0.29) is 34.8 Å². The van der Waals surface area contributed by atoms with Gasteiger partial charge in [-0.05, 0) is 74.4 Å². The van der Waals surface area contributed by atoms with Crippen molar-refractivity contribution >= 4 is 17.6 Å². The SMILES string of the molecule is COC(=O)CC12CCCN3CCC4(c5ccccc5N(C(=O)c5ccccc5)C4CC1)C32. The molecule has 1 spiro atoms. The highest BCUT2D eigenvalue weighted by molar-refractivity contribution is 6.08. The molecule has 0 radical (unpaired) electrons. The van der Waals surface area contributed by atoms with Crippen LogP contribution in [0.15, 0.2) is 54.6 Å². The molecule has 4 atom stereocenters. The van der Waals surface area contributed by atoms with Gasteiger partial charge < -0.3 is 9.64 Å². The summed E-state index contributed by atoms with van der Waals surface area (Å²) in [7, 11) is 1.50. The van der Waals surface area contributed by atoms with Crippen LogP contribution in [0.5, 0.6) is 0 Å². The van der Waals surface area contributed by atoms with Gasteiger partial charge in [-0.3, -0.25) is 14.5 Å². The molecule has 3 fully saturated rings. The summed E-state index contributed by atoms with van der Waals surface area (Å²) in [4.78, 5) is 31.1. The first-order valence-corrected chi connectivity index (χ1v) is 11.9. The molecule has 6 rings (SSSR count). The van der Waals surface area contributed by atoms with Gasteiger partial charge in [0.1, 0.15) is 0 Å². The highest BCUT2D eigenvalue weighted by atomic mass is 16.5. The molecular weight excluding hydrogens is 400 g/mol. The van der Waals surface area contributed by atoms with Crippen molar-refractivity contribution in [3.05, 3.63) is 65.7 Å². The lowest BCUT2D eigenvalue weighted by Crippen LogP contribution is -2.65. The summed E-state index contributed by atoms with van der Waals surface area (Å²) in [6.07, 6.45) is 5.60. The Morgan fingerprint density at radius 3 is 2.59 bits per heavy atom. The Hall–Kier alpha value is -2.66. The Kier molecular flexibility index (Phi) is 4.48. The zero-order valence-electron chi connectivity index (χ0n) is 18.6. The van der Waals surface area contributed by atoms with Crippen molar-refractivity contribution in [1.82, 2.24) is 4.90 Å². The molecule has 166 valence electrons. The van der Waals surface area contributed by atoms with E-state index in [1.807, 2.05) is 36.4 Å². The van der Waals surface area contributed by atoms with Crippen molar-refractivity contribution in [3.63, 3.8) is 0 Å². The summed E-state index contributed by atoms with van der Waals surface area (Å²) in [6, 6.07) is 18.6. The first-order valence-electron chi connectivity index (χ1n) is 11.9. The number of fused-ring (bicyclic) bond motifs is 1. The average Bonchev–Trinajstić information content (AvgIpc) is 3.37. The molecule has 3 heterocycles. The first kappa shape index (κ1) is 20.0. The summed E-state index contributed by atoms with van der Waals surface area (Å²) >= 11 is 0. The molecule has 0 bridgehead atoms. The zero-order valence-corrected chi connectivity index (χ0v) is 18.6. The lowest BCUT2D eigenvalue weighted by molar-refractivity contribution is -0.148. The molecule has 2 saturated heterocycles. The van der Waals surface area contributed by atoms with Crippen LogP contribution in [-0.2, 0) is 14.9 Å². The van der Waals surface area contributed by atoms with E-state index in [0.717, 1.165) is 56.4 Å². The lowest BCUT2D eigenvalue weighted by atomic mass is 9.52. The summed E-state index contributed by atoms with van der Waals surface area (Å²) in [5.41, 5.74) is 2.92. The maximum Gasteiger partial charge on any atom is 0.306 e. The standard InChI is InChI=1S/C27H30N2O3/c1-32-23(30)18-26-13-7-16-28-17-15-27(25(26)28)20-10-5-6-11-21(20)29(22(27)12-14-26)24(31)19-8-3-2-4-9-19/h2-6,8-11,22,25H,7,12-18H2,1H3. The summed E-state index contributed by atoms with van der Waals surface area (Å²) in [5.74, 6) is -0.00879. The van der Waals surface area contributed by atoms with E-state index in [4.69, 9.17) is 4.74 Å². The van der Waals surface area contributed by atoms with Gasteiger partial charge in [-0.25, -0.2) is 0 Å². The van der Waals surface area contributed by atoms with Crippen LogP contribution in [0.1, 0.15) is 54.4 Å². The normalized spacial score (nSPS) is 32.7. The van der Waals surface area contributed by atoms with Crippen LogP contribution in [0.3, 0.4) is 0 Å². The van der Waals surface area contributed by atoms with Gasteiger partial charge in [0.05, 0.1) is 13.5 Å². The number of ether oxygens (including phenoxy) is 1. The Morgan fingerprint density at radius 1 is 1.00 bits per heavy atom. The highest BCUT2D eigenvalue weighted by Crippen LogP contribution is 2.65. The number of carbonyl (C=O) groups is 2. The molecule has 0 aromatic heterocycles. The predicted molar refractivity (Wildman–Crippen MR) is 123 cm³/mol. The zero-order chi connectivity index (χ0) is 21.9. The van der Waals surface area contributed by atoms with E-state index in [0.29, 0.717) is 6.42 Å². The second-order valence-electron chi connectivity index (χ2n) is 10.1. The molecule has 2 aromatic carbocycles. The number of amides is 1. The third kappa shape index (κ3) is 2.54. The average molecular weight is 431 g/mol. The Balaban J connectivity index is 1.50. The smallest absolute Gasteiger partial charge is 0.306 e. The van der Waals surface area contributed by atoms with Gasteiger partial charge in [-0.2, -0.15) is 0 Å². The summed E-state index contributed by atoms with van der Waals surface area (Å²) in [5, 5.41) is 0. The fourth-order valence-electron chi connectivity index (χ4n) is 7.83. The number of rotatable bonds is 3. The molecule has 1 saturated carbocycles. The van der Waals surface area contributed by atoms with E-state index in [1.165, 1.54) is 12.7 Å². The van der Waals surface area contributed by atoms with Gasteiger partial charge in [0.15, 0.2) is 0 Å².